The Balaban J connectivity index is 2.37. The van der Waals surface area contributed by atoms with E-state index in [0.29, 0.717) is 5.75 Å². The summed E-state index contributed by atoms with van der Waals surface area (Å²) in [4.78, 5) is 1.65. The van der Waals surface area contributed by atoms with Gasteiger partial charge in [-0.05, 0) is 0 Å². The van der Waals surface area contributed by atoms with E-state index in [1.807, 2.05) is 12.1 Å². The first-order valence-corrected chi connectivity index (χ1v) is 13.8. The molecule has 2 aromatic rings. The van der Waals surface area contributed by atoms with E-state index in [9.17, 15) is 9.00 Å². The van der Waals surface area contributed by atoms with Gasteiger partial charge in [0.05, 0.1) is 0 Å². The predicted octanol–water partition coefficient (Wildman–Crippen LogP) is 8.98. The molecule has 0 aromatic heterocycles. The summed E-state index contributed by atoms with van der Waals surface area (Å²) in [6.07, 6.45) is 9.48. The summed E-state index contributed by atoms with van der Waals surface area (Å²) < 4.78 is 16.6. The van der Waals surface area contributed by atoms with E-state index < -0.39 is 0 Å². The summed E-state index contributed by atoms with van der Waals surface area (Å²) in [5.74, 6) is 0.804. The predicted molar refractivity (Wildman–Crippen MR) is 134 cm³/mol. The zero-order valence-electron chi connectivity index (χ0n) is 21.1. The minimum atomic E-state index is -0.0755. The molecule has 3 nitrogen and oxygen atoms in total. The van der Waals surface area contributed by atoms with Gasteiger partial charge < -0.3 is 0 Å². The summed E-state index contributed by atoms with van der Waals surface area (Å²) >= 11 is 1.40. The Morgan fingerprint density at radius 3 is 1.85 bits per heavy atom. The van der Waals surface area contributed by atoms with Gasteiger partial charge in [0.1, 0.15) is 0 Å². The van der Waals surface area contributed by atoms with Crippen LogP contribution in [0.4, 0.5) is 0 Å². The first-order valence-electron chi connectivity index (χ1n) is 12.2. The summed E-state index contributed by atoms with van der Waals surface area (Å²) in [6, 6.07) is 12.0. The molecule has 2 rings (SSSR count). The van der Waals surface area contributed by atoms with Crippen molar-refractivity contribution in [2.24, 2.45) is 0 Å². The first-order chi connectivity index (χ1) is 15.6. The minimum absolute atomic E-state index is 0.0283. The molecule has 1 N–H and O–H groups in total. The zero-order chi connectivity index (χ0) is 24.5. The fourth-order valence-corrected chi connectivity index (χ4v) is 5.46. The third-order valence-electron chi connectivity index (χ3n) is 6.59. The molecule has 0 amide bonds. The number of benzene rings is 2. The third kappa shape index (κ3) is 8.14. The van der Waals surface area contributed by atoms with Crippen molar-refractivity contribution in [1.29, 1.82) is 0 Å². The molecule has 0 bridgehead atoms. The molecule has 0 saturated carbocycles. The maximum absolute atomic E-state index is 11.2. The molecule has 0 fully saturated rings. The number of hydrogen-bond acceptors (Lipinski definition) is 4. The molecular weight excluding hydrogens is 475 g/mol. The van der Waals surface area contributed by atoms with Crippen LogP contribution < -0.4 is 3.88 Å². The van der Waals surface area contributed by atoms with Gasteiger partial charge in [-0.2, -0.15) is 0 Å². The summed E-state index contributed by atoms with van der Waals surface area (Å²) in [6.45, 7) is 13.5. The topological polar surface area (TPSA) is 46.5 Å². The van der Waals surface area contributed by atoms with E-state index in [0.717, 1.165) is 22.6 Å². The van der Waals surface area contributed by atoms with Gasteiger partial charge >= 0.3 is 205 Å². The molecular formula is C28H41NiO3S. The third-order valence-corrected chi connectivity index (χ3v) is 7.98. The Labute approximate surface area is 211 Å². The number of phenols is 1. The standard InChI is InChI=1S/C28H42O2S.Ni.O/c1-7-9-11-17-27(3,4)21-13-15-23(29)25(19-21)31-26-20-22(14-16-24(26)30)28(5,6)18-12-10-8-2;;/h13-16,19-20,29-30H,7-12,17-18H2,1-6H3;;/q;+1;/p-1. The molecule has 0 saturated heterocycles. The molecule has 187 valence electrons. The van der Waals surface area contributed by atoms with E-state index in [2.05, 4.69) is 59.7 Å². The molecule has 5 heteroatoms. The van der Waals surface area contributed by atoms with Crippen LogP contribution in [0.2, 0.25) is 0 Å². The van der Waals surface area contributed by atoms with Crippen molar-refractivity contribution >= 4 is 11.8 Å². The van der Waals surface area contributed by atoms with Gasteiger partial charge in [0.15, 0.2) is 0 Å². The van der Waals surface area contributed by atoms with Crippen LogP contribution in [0, 0.1) is 0 Å². The summed E-state index contributed by atoms with van der Waals surface area (Å²) in [5.41, 5.74) is 2.51. The molecule has 0 atom stereocenters. The SMILES string of the molecule is CCCCCC(C)(C)c1ccc(O)c(Sc2cc(C(C)(C)CCCCC)ccc2[O][Ni]=[O])c1. The Kier molecular flexibility index (Phi) is 11.0. The van der Waals surface area contributed by atoms with Crippen LogP contribution in [0.15, 0.2) is 46.2 Å². The molecule has 2 aromatic carbocycles. The Morgan fingerprint density at radius 1 is 0.818 bits per heavy atom. The van der Waals surface area contributed by atoms with Gasteiger partial charge in [0.2, 0.25) is 0 Å². The van der Waals surface area contributed by atoms with Crippen LogP contribution in [-0.2, 0) is 29.4 Å². The van der Waals surface area contributed by atoms with Crippen molar-refractivity contribution in [3.05, 3.63) is 47.5 Å². The van der Waals surface area contributed by atoms with Crippen LogP contribution in [0.5, 0.6) is 11.5 Å². The Hall–Kier alpha value is -1.32. The average molecular weight is 516 g/mol. The van der Waals surface area contributed by atoms with Crippen molar-refractivity contribution in [2.45, 2.75) is 114 Å². The second-order valence-corrected chi connectivity index (χ2v) is 11.7. The van der Waals surface area contributed by atoms with E-state index in [1.54, 1.807) is 6.07 Å². The number of phenolic OH excluding ortho intramolecular Hbond substituents is 1. The number of hydrogen-bond donors (Lipinski definition) is 1. The van der Waals surface area contributed by atoms with Gasteiger partial charge in [-0.25, -0.2) is 0 Å². The monoisotopic (exact) mass is 515 g/mol. The van der Waals surface area contributed by atoms with E-state index in [-0.39, 0.29) is 31.3 Å². The van der Waals surface area contributed by atoms with Gasteiger partial charge in [0.25, 0.3) is 0 Å². The normalized spacial score (nSPS) is 12.3. The zero-order valence-corrected chi connectivity index (χ0v) is 22.9. The molecule has 0 aliphatic carbocycles. The molecule has 0 aliphatic heterocycles. The number of unbranched alkanes of at least 4 members (excludes halogenated alkanes) is 4. The fraction of sp³-hybridized carbons (Fsp3) is 0.571. The van der Waals surface area contributed by atoms with Crippen LogP contribution in [-0.4, -0.2) is 5.11 Å². The van der Waals surface area contributed by atoms with Gasteiger partial charge in [-0.3, -0.25) is 0 Å². The van der Waals surface area contributed by atoms with Crippen LogP contribution in [0.3, 0.4) is 0 Å². The first kappa shape index (κ1) is 27.9. The van der Waals surface area contributed by atoms with Crippen molar-refractivity contribution in [2.75, 3.05) is 0 Å². The summed E-state index contributed by atoms with van der Waals surface area (Å²) in [5, 5.41) is 10.6. The second kappa shape index (κ2) is 13.0. The average Bonchev–Trinajstić information content (AvgIpc) is 2.76. The van der Waals surface area contributed by atoms with Crippen LogP contribution in [0.25, 0.3) is 0 Å². The van der Waals surface area contributed by atoms with E-state index in [4.69, 9.17) is 3.88 Å². The van der Waals surface area contributed by atoms with Crippen molar-refractivity contribution < 1.29 is 27.6 Å². The number of rotatable bonds is 14. The van der Waals surface area contributed by atoms with Crippen LogP contribution >= 0.6 is 11.8 Å². The van der Waals surface area contributed by atoms with Crippen molar-refractivity contribution in [1.82, 2.24) is 0 Å². The van der Waals surface area contributed by atoms with Crippen molar-refractivity contribution in [3.8, 4) is 11.5 Å². The van der Waals surface area contributed by atoms with Gasteiger partial charge in [-0.1, -0.05) is 6.92 Å². The molecule has 0 radical (unpaired) electrons. The van der Waals surface area contributed by atoms with Crippen molar-refractivity contribution in [3.63, 3.8) is 0 Å². The quantitative estimate of drug-likeness (QED) is 0.201. The van der Waals surface area contributed by atoms with E-state index >= 15 is 0 Å². The Morgan fingerprint density at radius 2 is 1.33 bits per heavy atom. The van der Waals surface area contributed by atoms with Crippen LogP contribution in [0.1, 0.15) is 104 Å². The molecule has 0 aliphatic rings. The molecule has 0 spiro atoms. The van der Waals surface area contributed by atoms with Gasteiger partial charge in [0, 0.05) is 0 Å². The molecule has 0 unspecified atom stereocenters. The summed E-state index contributed by atoms with van der Waals surface area (Å²) in [7, 11) is 0. The number of aromatic hydroxyl groups is 1. The fourth-order valence-electron chi connectivity index (χ4n) is 4.15. The molecule has 33 heavy (non-hydrogen) atoms. The van der Waals surface area contributed by atoms with Gasteiger partial charge in [-0.15, -0.1) is 0 Å². The second-order valence-electron chi connectivity index (χ2n) is 10.2. The molecule has 0 heterocycles. The Bertz CT molecular complexity index is 908. The maximum atomic E-state index is 11.2. The van der Waals surface area contributed by atoms with E-state index in [1.165, 1.54) is 61.4 Å².